The zero-order valence-corrected chi connectivity index (χ0v) is 12.8. The zero-order chi connectivity index (χ0) is 15.4. The predicted octanol–water partition coefficient (Wildman–Crippen LogP) is 2.32. The van der Waals surface area contributed by atoms with Crippen LogP contribution in [0.5, 0.6) is 0 Å². The average Bonchev–Trinajstić information content (AvgIpc) is 2.84. The number of nitrogens with zero attached hydrogens (tertiary/aromatic N) is 3. The van der Waals surface area contributed by atoms with Gasteiger partial charge >= 0.3 is 0 Å². The summed E-state index contributed by atoms with van der Waals surface area (Å²) in [4.78, 5) is 18.1. The zero-order valence-electron chi connectivity index (χ0n) is 12.8. The number of aromatic nitrogens is 2. The van der Waals surface area contributed by atoms with Crippen molar-refractivity contribution in [1.82, 2.24) is 10.1 Å². The monoisotopic (exact) mass is 288 g/mol. The Labute approximate surface area is 124 Å². The molecule has 0 atom stereocenters. The molecule has 2 rings (SSSR count). The number of rotatable bonds is 5. The molecule has 1 aromatic heterocycles. The summed E-state index contributed by atoms with van der Waals surface area (Å²) in [6, 6.07) is 5.93. The van der Waals surface area contributed by atoms with Gasteiger partial charge in [0.1, 0.15) is 0 Å². The van der Waals surface area contributed by atoms with Gasteiger partial charge in [0.25, 0.3) is 0 Å². The molecule has 0 fully saturated rings. The van der Waals surface area contributed by atoms with Gasteiger partial charge in [0.05, 0.1) is 0 Å². The molecule has 6 heteroatoms. The molecule has 0 spiro atoms. The first-order chi connectivity index (χ1) is 9.95. The quantitative estimate of drug-likeness (QED) is 0.914. The number of hydrogen-bond acceptors (Lipinski definition) is 5. The van der Waals surface area contributed by atoms with E-state index in [9.17, 15) is 4.79 Å². The van der Waals surface area contributed by atoms with E-state index >= 15 is 0 Å². The second-order valence-electron chi connectivity index (χ2n) is 5.18. The van der Waals surface area contributed by atoms with Gasteiger partial charge in [-0.1, -0.05) is 5.16 Å². The topological polar surface area (TPSA) is 71.3 Å². The number of anilines is 2. The van der Waals surface area contributed by atoms with E-state index in [-0.39, 0.29) is 5.91 Å². The van der Waals surface area contributed by atoms with Gasteiger partial charge in [-0.15, -0.1) is 0 Å². The standard InChI is InChI=1S/C15H20N4O2/c1-10-9-12(19(3)4)5-6-13(10)17-14(20)7-8-15-16-11(2)18-21-15/h5-6,9H,7-8H2,1-4H3,(H,17,20). The highest BCUT2D eigenvalue weighted by Crippen LogP contribution is 2.21. The third-order valence-electron chi connectivity index (χ3n) is 3.14. The molecule has 2 aromatic rings. The molecular weight excluding hydrogens is 268 g/mol. The minimum Gasteiger partial charge on any atom is -0.378 e. The van der Waals surface area contributed by atoms with Crippen molar-refractivity contribution in [3.63, 3.8) is 0 Å². The molecule has 0 unspecified atom stereocenters. The summed E-state index contributed by atoms with van der Waals surface area (Å²) in [7, 11) is 3.97. The van der Waals surface area contributed by atoms with Gasteiger partial charge in [0.15, 0.2) is 5.82 Å². The van der Waals surface area contributed by atoms with Gasteiger partial charge in [0, 0.05) is 38.3 Å². The summed E-state index contributed by atoms with van der Waals surface area (Å²) in [6.07, 6.45) is 0.762. The van der Waals surface area contributed by atoms with E-state index in [1.54, 1.807) is 6.92 Å². The molecule has 1 N–H and O–H groups in total. The molecule has 0 radical (unpaired) electrons. The summed E-state index contributed by atoms with van der Waals surface area (Å²) < 4.78 is 4.98. The smallest absolute Gasteiger partial charge is 0.227 e. The van der Waals surface area contributed by atoms with Gasteiger partial charge in [-0.2, -0.15) is 4.98 Å². The lowest BCUT2D eigenvalue weighted by molar-refractivity contribution is -0.116. The normalized spacial score (nSPS) is 10.5. The third-order valence-corrected chi connectivity index (χ3v) is 3.14. The molecule has 6 nitrogen and oxygen atoms in total. The predicted molar refractivity (Wildman–Crippen MR) is 81.5 cm³/mol. The van der Waals surface area contributed by atoms with Crippen molar-refractivity contribution in [3.8, 4) is 0 Å². The van der Waals surface area contributed by atoms with E-state index in [1.807, 2.05) is 44.1 Å². The molecule has 0 bridgehead atoms. The highest BCUT2D eigenvalue weighted by atomic mass is 16.5. The first-order valence-electron chi connectivity index (χ1n) is 6.82. The van der Waals surface area contributed by atoms with Crippen molar-refractivity contribution in [2.75, 3.05) is 24.3 Å². The van der Waals surface area contributed by atoms with Crippen molar-refractivity contribution in [2.24, 2.45) is 0 Å². The number of hydrogen-bond donors (Lipinski definition) is 1. The Kier molecular flexibility index (Phi) is 4.57. The number of aryl methyl sites for hydroxylation is 3. The Morgan fingerprint density at radius 3 is 2.67 bits per heavy atom. The van der Waals surface area contributed by atoms with Crippen LogP contribution in [0.3, 0.4) is 0 Å². The van der Waals surface area contributed by atoms with Crippen molar-refractivity contribution >= 4 is 17.3 Å². The molecule has 0 aliphatic heterocycles. The largest absolute Gasteiger partial charge is 0.378 e. The summed E-state index contributed by atoms with van der Waals surface area (Å²) in [5.74, 6) is 1.01. The maximum absolute atomic E-state index is 12.0. The minimum absolute atomic E-state index is 0.0634. The Hall–Kier alpha value is -2.37. The molecule has 0 aliphatic carbocycles. The highest BCUT2D eigenvalue weighted by molar-refractivity contribution is 5.91. The molecule has 21 heavy (non-hydrogen) atoms. The Bertz CT molecular complexity index is 634. The fraction of sp³-hybridized carbons (Fsp3) is 0.400. The second kappa shape index (κ2) is 6.39. The van der Waals surface area contributed by atoms with Gasteiger partial charge in [-0.3, -0.25) is 4.79 Å². The Balaban J connectivity index is 1.93. The number of carbonyl (C=O) groups excluding carboxylic acids is 1. The van der Waals surface area contributed by atoms with E-state index < -0.39 is 0 Å². The maximum atomic E-state index is 12.0. The van der Waals surface area contributed by atoms with E-state index in [4.69, 9.17) is 4.52 Å². The number of amides is 1. The van der Waals surface area contributed by atoms with Crippen LogP contribution in [0.15, 0.2) is 22.7 Å². The second-order valence-corrected chi connectivity index (χ2v) is 5.18. The molecule has 1 heterocycles. The van der Waals surface area contributed by atoms with Gasteiger partial charge < -0.3 is 14.7 Å². The van der Waals surface area contributed by atoms with Crippen LogP contribution in [0, 0.1) is 13.8 Å². The number of carbonyl (C=O) groups is 1. The van der Waals surface area contributed by atoms with E-state index in [0.717, 1.165) is 16.9 Å². The summed E-state index contributed by atoms with van der Waals surface area (Å²) >= 11 is 0. The summed E-state index contributed by atoms with van der Waals surface area (Å²) in [6.45, 7) is 3.73. The first-order valence-corrected chi connectivity index (χ1v) is 6.82. The molecule has 0 aliphatic rings. The van der Waals surface area contributed by atoms with Crippen LogP contribution in [0.25, 0.3) is 0 Å². The van der Waals surface area contributed by atoms with Crippen molar-refractivity contribution in [2.45, 2.75) is 26.7 Å². The lowest BCUT2D eigenvalue weighted by Crippen LogP contribution is -2.14. The van der Waals surface area contributed by atoms with Crippen LogP contribution in [0.1, 0.15) is 23.7 Å². The molecular formula is C15H20N4O2. The van der Waals surface area contributed by atoms with Crippen molar-refractivity contribution in [1.29, 1.82) is 0 Å². The first kappa shape index (κ1) is 15.0. The van der Waals surface area contributed by atoms with E-state index in [1.165, 1.54) is 0 Å². The van der Waals surface area contributed by atoms with Crippen LogP contribution < -0.4 is 10.2 Å². The van der Waals surface area contributed by atoms with Crippen molar-refractivity contribution < 1.29 is 9.32 Å². The number of nitrogens with one attached hydrogen (secondary N) is 1. The average molecular weight is 288 g/mol. The van der Waals surface area contributed by atoms with Crippen LogP contribution in [0.4, 0.5) is 11.4 Å². The van der Waals surface area contributed by atoms with Crippen LogP contribution in [0.2, 0.25) is 0 Å². The van der Waals surface area contributed by atoms with Crippen molar-refractivity contribution in [3.05, 3.63) is 35.5 Å². The minimum atomic E-state index is -0.0634. The van der Waals surface area contributed by atoms with Crippen LogP contribution >= 0.6 is 0 Å². The molecule has 0 saturated heterocycles. The number of benzene rings is 1. The van der Waals surface area contributed by atoms with Gasteiger partial charge in [-0.05, 0) is 37.6 Å². The summed E-state index contributed by atoms with van der Waals surface area (Å²) in [5.41, 5.74) is 2.96. The lowest BCUT2D eigenvalue weighted by Gasteiger charge is -2.15. The third kappa shape index (κ3) is 4.05. The molecule has 112 valence electrons. The molecule has 1 aromatic carbocycles. The fourth-order valence-corrected chi connectivity index (χ4v) is 1.94. The maximum Gasteiger partial charge on any atom is 0.227 e. The Morgan fingerprint density at radius 2 is 2.10 bits per heavy atom. The highest BCUT2D eigenvalue weighted by Gasteiger charge is 2.09. The summed E-state index contributed by atoms with van der Waals surface area (Å²) in [5, 5.41) is 6.60. The van der Waals surface area contributed by atoms with Crippen LogP contribution in [-0.2, 0) is 11.2 Å². The van der Waals surface area contributed by atoms with Gasteiger partial charge in [-0.25, -0.2) is 0 Å². The van der Waals surface area contributed by atoms with E-state index in [0.29, 0.717) is 24.6 Å². The van der Waals surface area contributed by atoms with Crippen LogP contribution in [-0.4, -0.2) is 30.1 Å². The van der Waals surface area contributed by atoms with E-state index in [2.05, 4.69) is 15.5 Å². The fourth-order valence-electron chi connectivity index (χ4n) is 1.94. The lowest BCUT2D eigenvalue weighted by atomic mass is 10.1. The molecule has 1 amide bonds. The SMILES string of the molecule is Cc1noc(CCC(=O)Nc2ccc(N(C)C)cc2C)n1. The molecule has 0 saturated carbocycles. The Morgan fingerprint density at radius 1 is 1.33 bits per heavy atom. The van der Waals surface area contributed by atoms with Gasteiger partial charge in [0.2, 0.25) is 11.8 Å².